The molecule has 0 fully saturated rings. The average molecular weight is 385 g/mol. The molecule has 1 atom stereocenters. The number of allylic oxidation sites excluding steroid dienone is 1. The van der Waals surface area contributed by atoms with E-state index in [1.54, 1.807) is 18.4 Å². The van der Waals surface area contributed by atoms with Crippen LogP contribution in [0.3, 0.4) is 0 Å². The third-order valence-electron chi connectivity index (χ3n) is 5.50. The van der Waals surface area contributed by atoms with Gasteiger partial charge in [-0.25, -0.2) is 0 Å². The molecular formula is C24H20N2OS. The maximum atomic E-state index is 5.51. The highest BCUT2D eigenvalue weighted by Crippen LogP contribution is 2.44. The number of thiophene rings is 1. The SMILES string of the molecule is COc1cccc(C2(c3ccccc3)C=Cc3c(-c4cccs4)n[nH]c3C2)c1. The maximum Gasteiger partial charge on any atom is 0.119 e. The molecule has 4 aromatic rings. The van der Waals surface area contributed by atoms with E-state index in [9.17, 15) is 0 Å². The first kappa shape index (κ1) is 17.0. The molecule has 0 saturated carbocycles. The summed E-state index contributed by atoms with van der Waals surface area (Å²) in [6.07, 6.45) is 5.38. The minimum atomic E-state index is -0.262. The minimum absolute atomic E-state index is 0.262. The van der Waals surface area contributed by atoms with Crippen LogP contribution in [0, 0.1) is 0 Å². The van der Waals surface area contributed by atoms with E-state index in [2.05, 4.69) is 88.4 Å². The molecule has 3 nitrogen and oxygen atoms in total. The molecule has 2 aromatic heterocycles. The molecule has 2 aromatic carbocycles. The fraction of sp³-hybridized carbons (Fsp3) is 0.125. The van der Waals surface area contributed by atoms with E-state index >= 15 is 0 Å². The van der Waals surface area contributed by atoms with E-state index in [0.717, 1.165) is 23.6 Å². The van der Waals surface area contributed by atoms with Gasteiger partial charge in [0.2, 0.25) is 0 Å². The molecule has 2 heterocycles. The van der Waals surface area contributed by atoms with Gasteiger partial charge in [-0.3, -0.25) is 5.10 Å². The fourth-order valence-electron chi connectivity index (χ4n) is 4.06. The molecule has 1 aliphatic rings. The molecule has 0 spiro atoms. The van der Waals surface area contributed by atoms with Crippen molar-refractivity contribution in [3.8, 4) is 16.3 Å². The normalized spacial score (nSPS) is 18.0. The van der Waals surface area contributed by atoms with Crippen molar-refractivity contribution in [3.63, 3.8) is 0 Å². The number of aromatic nitrogens is 2. The summed E-state index contributed by atoms with van der Waals surface area (Å²) in [5.74, 6) is 0.871. The number of hydrogen-bond acceptors (Lipinski definition) is 3. The monoisotopic (exact) mass is 384 g/mol. The number of aromatic amines is 1. The summed E-state index contributed by atoms with van der Waals surface area (Å²) in [6.45, 7) is 0. The number of hydrogen-bond donors (Lipinski definition) is 1. The van der Waals surface area contributed by atoms with Crippen LogP contribution >= 0.6 is 11.3 Å². The molecule has 0 bridgehead atoms. The highest BCUT2D eigenvalue weighted by Gasteiger charge is 2.36. The Morgan fingerprint density at radius 1 is 1.00 bits per heavy atom. The third kappa shape index (κ3) is 2.69. The number of rotatable bonds is 4. The van der Waals surface area contributed by atoms with Crippen LogP contribution in [0.5, 0.6) is 5.75 Å². The van der Waals surface area contributed by atoms with Gasteiger partial charge in [-0.15, -0.1) is 11.3 Å². The largest absolute Gasteiger partial charge is 0.497 e. The van der Waals surface area contributed by atoms with Crippen molar-refractivity contribution < 1.29 is 4.74 Å². The Kier molecular flexibility index (Phi) is 4.14. The number of H-pyrrole nitrogens is 1. The highest BCUT2D eigenvalue weighted by atomic mass is 32.1. The van der Waals surface area contributed by atoms with Gasteiger partial charge in [0, 0.05) is 23.1 Å². The van der Waals surface area contributed by atoms with E-state index in [1.165, 1.54) is 21.6 Å². The molecule has 1 aliphatic carbocycles. The zero-order valence-corrected chi connectivity index (χ0v) is 16.4. The first-order valence-electron chi connectivity index (χ1n) is 9.30. The predicted molar refractivity (Wildman–Crippen MR) is 115 cm³/mol. The molecule has 0 saturated heterocycles. The maximum absolute atomic E-state index is 5.51. The Morgan fingerprint density at radius 2 is 1.86 bits per heavy atom. The van der Waals surface area contributed by atoms with Gasteiger partial charge in [-0.05, 0) is 34.7 Å². The summed E-state index contributed by atoms with van der Waals surface area (Å²) in [6, 6.07) is 23.2. The summed E-state index contributed by atoms with van der Waals surface area (Å²) >= 11 is 1.72. The second-order valence-corrected chi connectivity index (χ2v) is 7.97. The minimum Gasteiger partial charge on any atom is -0.497 e. The lowest BCUT2D eigenvalue weighted by atomic mass is 9.68. The van der Waals surface area contributed by atoms with E-state index in [1.807, 2.05) is 6.07 Å². The zero-order valence-electron chi connectivity index (χ0n) is 15.6. The van der Waals surface area contributed by atoms with Gasteiger partial charge < -0.3 is 4.74 Å². The van der Waals surface area contributed by atoms with Crippen LogP contribution < -0.4 is 4.74 Å². The van der Waals surface area contributed by atoms with Crippen LogP contribution in [0.25, 0.3) is 16.6 Å². The van der Waals surface area contributed by atoms with Gasteiger partial charge in [0.1, 0.15) is 11.4 Å². The lowest BCUT2D eigenvalue weighted by molar-refractivity contribution is 0.413. The van der Waals surface area contributed by atoms with Crippen LogP contribution in [-0.2, 0) is 11.8 Å². The molecule has 4 heteroatoms. The Morgan fingerprint density at radius 3 is 2.64 bits per heavy atom. The number of methoxy groups -OCH3 is 1. The van der Waals surface area contributed by atoms with Crippen molar-refractivity contribution in [1.82, 2.24) is 10.2 Å². The van der Waals surface area contributed by atoms with Crippen LogP contribution in [0.2, 0.25) is 0 Å². The summed E-state index contributed by atoms with van der Waals surface area (Å²) in [4.78, 5) is 1.19. The zero-order chi connectivity index (χ0) is 19.0. The Balaban J connectivity index is 1.67. The lowest BCUT2D eigenvalue weighted by Crippen LogP contribution is -2.30. The van der Waals surface area contributed by atoms with Crippen molar-refractivity contribution in [3.05, 3.63) is 101 Å². The summed E-state index contributed by atoms with van der Waals surface area (Å²) in [5, 5.41) is 10.0. The van der Waals surface area contributed by atoms with E-state index < -0.39 is 0 Å². The quantitative estimate of drug-likeness (QED) is 0.490. The van der Waals surface area contributed by atoms with Crippen LogP contribution in [0.15, 0.2) is 78.2 Å². The topological polar surface area (TPSA) is 37.9 Å². The highest BCUT2D eigenvalue weighted by molar-refractivity contribution is 7.13. The Labute approximate surface area is 168 Å². The third-order valence-corrected chi connectivity index (χ3v) is 6.38. The van der Waals surface area contributed by atoms with Gasteiger partial charge in [0.15, 0.2) is 0 Å². The van der Waals surface area contributed by atoms with Crippen molar-refractivity contribution >= 4 is 17.4 Å². The molecule has 0 amide bonds. The van der Waals surface area contributed by atoms with Crippen LogP contribution in [0.4, 0.5) is 0 Å². The first-order chi connectivity index (χ1) is 13.8. The summed E-state index contributed by atoms with van der Waals surface area (Å²) in [5.41, 5.74) is 5.61. The van der Waals surface area contributed by atoms with Crippen molar-refractivity contribution in [2.75, 3.05) is 7.11 Å². The van der Waals surface area contributed by atoms with Crippen LogP contribution in [-0.4, -0.2) is 17.3 Å². The molecule has 1 N–H and O–H groups in total. The fourth-order valence-corrected chi connectivity index (χ4v) is 4.79. The number of ether oxygens (including phenoxy) is 1. The van der Waals surface area contributed by atoms with Gasteiger partial charge in [-0.1, -0.05) is 60.7 Å². The number of benzene rings is 2. The predicted octanol–water partition coefficient (Wildman–Crippen LogP) is 5.70. The standard InChI is InChI=1S/C24H20N2OS/c1-27-19-10-5-9-18(15-19)24(17-7-3-2-4-8-17)13-12-20-21(16-24)25-26-23(20)22-11-6-14-28-22/h2-15H,16H2,1H3,(H,25,26). The molecule has 138 valence electrons. The second-order valence-electron chi connectivity index (χ2n) is 7.02. The van der Waals surface area contributed by atoms with Crippen LogP contribution in [0.1, 0.15) is 22.4 Å². The molecule has 5 rings (SSSR count). The van der Waals surface area contributed by atoms with Gasteiger partial charge in [0.05, 0.1) is 12.0 Å². The number of fused-ring (bicyclic) bond motifs is 1. The molecule has 1 unspecified atom stereocenters. The average Bonchev–Trinajstić information content (AvgIpc) is 3.43. The molecule has 0 radical (unpaired) electrons. The van der Waals surface area contributed by atoms with Crippen molar-refractivity contribution in [2.45, 2.75) is 11.8 Å². The number of nitrogens with zero attached hydrogens (tertiary/aromatic N) is 1. The van der Waals surface area contributed by atoms with Crippen molar-refractivity contribution in [1.29, 1.82) is 0 Å². The van der Waals surface area contributed by atoms with E-state index in [-0.39, 0.29) is 5.41 Å². The van der Waals surface area contributed by atoms with Gasteiger partial charge >= 0.3 is 0 Å². The smallest absolute Gasteiger partial charge is 0.119 e. The Hall–Kier alpha value is -3.11. The molecule has 0 aliphatic heterocycles. The lowest BCUT2D eigenvalue weighted by Gasteiger charge is -2.34. The summed E-state index contributed by atoms with van der Waals surface area (Å²) < 4.78 is 5.51. The first-order valence-corrected chi connectivity index (χ1v) is 10.2. The molecule has 28 heavy (non-hydrogen) atoms. The van der Waals surface area contributed by atoms with E-state index in [0.29, 0.717) is 0 Å². The number of nitrogens with one attached hydrogen (secondary N) is 1. The van der Waals surface area contributed by atoms with Gasteiger partial charge in [-0.2, -0.15) is 5.10 Å². The van der Waals surface area contributed by atoms with Crippen molar-refractivity contribution in [2.24, 2.45) is 0 Å². The van der Waals surface area contributed by atoms with E-state index in [4.69, 9.17) is 4.74 Å². The summed E-state index contributed by atoms with van der Waals surface area (Å²) in [7, 11) is 1.71. The molecular weight excluding hydrogens is 364 g/mol. The Bertz CT molecular complexity index is 1130. The second kappa shape index (κ2) is 6.80. The van der Waals surface area contributed by atoms with Gasteiger partial charge in [0.25, 0.3) is 0 Å².